The molecule has 4 nitrogen and oxygen atoms in total. The van der Waals surface area contributed by atoms with Gasteiger partial charge in [0, 0.05) is 49.1 Å². The smallest absolute Gasteiger partial charge is 0.226 e. The number of hydrogen-bond donors (Lipinski definition) is 2. The van der Waals surface area contributed by atoms with E-state index in [0.29, 0.717) is 23.7 Å². The van der Waals surface area contributed by atoms with Crippen molar-refractivity contribution in [2.24, 2.45) is 0 Å². The summed E-state index contributed by atoms with van der Waals surface area (Å²) < 4.78 is 0. The number of carbonyl (C=O) groups is 1. The van der Waals surface area contributed by atoms with Gasteiger partial charge in [-0.05, 0) is 42.5 Å². The molecule has 2 aromatic rings. The second kappa shape index (κ2) is 7.71. The van der Waals surface area contributed by atoms with Crippen LogP contribution in [-0.4, -0.2) is 26.5 Å². The number of nitrogens with zero attached hydrogens (tertiary/aromatic N) is 1. The van der Waals surface area contributed by atoms with Crippen LogP contribution in [0.15, 0.2) is 48.5 Å². The van der Waals surface area contributed by atoms with Crippen molar-refractivity contribution in [3.8, 4) is 0 Å². The minimum atomic E-state index is -0.0420. The summed E-state index contributed by atoms with van der Waals surface area (Å²) in [6, 6.07) is 15.2. The summed E-state index contributed by atoms with van der Waals surface area (Å²) in [4.78, 5) is 13.9. The van der Waals surface area contributed by atoms with Crippen LogP contribution in [0.1, 0.15) is 6.42 Å². The van der Waals surface area contributed by atoms with Crippen LogP contribution in [0.2, 0.25) is 5.02 Å². The fourth-order valence-electron chi connectivity index (χ4n) is 1.99. The highest BCUT2D eigenvalue weighted by molar-refractivity contribution is 6.30. The lowest BCUT2D eigenvalue weighted by Crippen LogP contribution is -2.16. The molecule has 0 spiro atoms. The van der Waals surface area contributed by atoms with E-state index in [9.17, 15) is 4.79 Å². The molecule has 0 saturated carbocycles. The van der Waals surface area contributed by atoms with Crippen molar-refractivity contribution < 1.29 is 4.79 Å². The highest BCUT2D eigenvalue weighted by Crippen LogP contribution is 2.16. The molecule has 0 aliphatic rings. The first-order valence-corrected chi connectivity index (χ1v) is 7.49. The molecular formula is C17H20ClN3O. The van der Waals surface area contributed by atoms with E-state index >= 15 is 0 Å². The van der Waals surface area contributed by atoms with Gasteiger partial charge in [0.05, 0.1) is 0 Å². The van der Waals surface area contributed by atoms with Gasteiger partial charge in [-0.3, -0.25) is 4.79 Å². The molecule has 2 aromatic carbocycles. The van der Waals surface area contributed by atoms with E-state index < -0.39 is 0 Å². The van der Waals surface area contributed by atoms with Gasteiger partial charge in [-0.25, -0.2) is 0 Å². The number of rotatable bonds is 6. The quantitative estimate of drug-likeness (QED) is 0.850. The first-order chi connectivity index (χ1) is 10.5. The Labute approximate surface area is 136 Å². The van der Waals surface area contributed by atoms with Gasteiger partial charge < -0.3 is 15.5 Å². The van der Waals surface area contributed by atoms with Gasteiger partial charge in [0.2, 0.25) is 5.91 Å². The van der Waals surface area contributed by atoms with Crippen molar-refractivity contribution >= 4 is 34.6 Å². The molecule has 5 heteroatoms. The van der Waals surface area contributed by atoms with Crippen molar-refractivity contribution in [1.82, 2.24) is 0 Å². The average Bonchev–Trinajstić information content (AvgIpc) is 2.47. The van der Waals surface area contributed by atoms with E-state index in [0.717, 1.165) is 11.4 Å². The molecular weight excluding hydrogens is 298 g/mol. The number of amides is 1. The number of benzene rings is 2. The summed E-state index contributed by atoms with van der Waals surface area (Å²) in [5.74, 6) is -0.0420. The lowest BCUT2D eigenvalue weighted by atomic mass is 10.2. The lowest BCUT2D eigenvalue weighted by Gasteiger charge is -2.13. The minimum absolute atomic E-state index is 0.0420. The Morgan fingerprint density at radius 3 is 2.45 bits per heavy atom. The normalized spacial score (nSPS) is 10.1. The second-order valence-electron chi connectivity index (χ2n) is 5.18. The molecule has 0 aliphatic heterocycles. The first kappa shape index (κ1) is 16.2. The van der Waals surface area contributed by atoms with Gasteiger partial charge in [-0.2, -0.15) is 0 Å². The Hall–Kier alpha value is -2.20. The van der Waals surface area contributed by atoms with Crippen LogP contribution in [0, 0.1) is 0 Å². The van der Waals surface area contributed by atoms with Gasteiger partial charge in [-0.1, -0.05) is 17.7 Å². The molecule has 116 valence electrons. The number of halogens is 1. The van der Waals surface area contributed by atoms with E-state index in [-0.39, 0.29) is 5.91 Å². The zero-order valence-electron chi connectivity index (χ0n) is 12.8. The maximum atomic E-state index is 11.9. The van der Waals surface area contributed by atoms with E-state index in [4.69, 9.17) is 11.6 Å². The molecule has 0 fully saturated rings. The molecule has 0 saturated heterocycles. The number of carbonyl (C=O) groups excluding carboxylic acids is 1. The van der Waals surface area contributed by atoms with Crippen LogP contribution in [-0.2, 0) is 4.79 Å². The summed E-state index contributed by atoms with van der Waals surface area (Å²) in [7, 11) is 4.01. The van der Waals surface area contributed by atoms with Gasteiger partial charge in [0.1, 0.15) is 0 Å². The molecule has 0 unspecified atom stereocenters. The van der Waals surface area contributed by atoms with Crippen LogP contribution >= 0.6 is 11.6 Å². The van der Waals surface area contributed by atoms with Gasteiger partial charge in [-0.15, -0.1) is 0 Å². The van der Waals surface area contributed by atoms with E-state index in [1.54, 1.807) is 12.1 Å². The molecule has 0 aliphatic carbocycles. The van der Waals surface area contributed by atoms with Crippen LogP contribution in [0.5, 0.6) is 0 Å². The standard InChI is InChI=1S/C17H20ClN3O/c1-21(2)16-8-6-14(7-9-16)19-11-10-17(22)20-15-5-3-4-13(18)12-15/h3-9,12,19H,10-11H2,1-2H3,(H,20,22). The summed E-state index contributed by atoms with van der Waals surface area (Å²) in [6.45, 7) is 0.577. The first-order valence-electron chi connectivity index (χ1n) is 7.11. The second-order valence-corrected chi connectivity index (χ2v) is 5.61. The SMILES string of the molecule is CN(C)c1ccc(NCCC(=O)Nc2cccc(Cl)c2)cc1. The molecule has 22 heavy (non-hydrogen) atoms. The Morgan fingerprint density at radius 2 is 1.82 bits per heavy atom. The van der Waals surface area contributed by atoms with Crippen molar-refractivity contribution in [3.63, 3.8) is 0 Å². The maximum absolute atomic E-state index is 11.9. The summed E-state index contributed by atoms with van der Waals surface area (Å²) in [6.07, 6.45) is 0.391. The lowest BCUT2D eigenvalue weighted by molar-refractivity contribution is -0.115. The zero-order valence-corrected chi connectivity index (χ0v) is 13.5. The van der Waals surface area contributed by atoms with Gasteiger partial charge in [0.15, 0.2) is 0 Å². The number of hydrogen-bond acceptors (Lipinski definition) is 3. The fraction of sp³-hybridized carbons (Fsp3) is 0.235. The molecule has 0 heterocycles. The van der Waals surface area contributed by atoms with Crippen LogP contribution in [0.25, 0.3) is 0 Å². The Balaban J connectivity index is 1.77. The molecule has 0 aromatic heterocycles. The average molecular weight is 318 g/mol. The van der Waals surface area contributed by atoms with Gasteiger partial charge >= 0.3 is 0 Å². The third kappa shape index (κ3) is 4.97. The molecule has 0 bridgehead atoms. The monoisotopic (exact) mass is 317 g/mol. The Bertz CT molecular complexity index is 626. The Kier molecular flexibility index (Phi) is 5.67. The van der Waals surface area contributed by atoms with Crippen molar-refractivity contribution in [3.05, 3.63) is 53.6 Å². The van der Waals surface area contributed by atoms with Crippen molar-refractivity contribution in [2.45, 2.75) is 6.42 Å². The van der Waals surface area contributed by atoms with Crippen LogP contribution < -0.4 is 15.5 Å². The molecule has 2 N–H and O–H groups in total. The van der Waals surface area contributed by atoms with E-state index in [1.165, 1.54) is 0 Å². The van der Waals surface area contributed by atoms with Crippen molar-refractivity contribution in [2.75, 3.05) is 36.2 Å². The highest BCUT2D eigenvalue weighted by Gasteiger charge is 2.03. The number of nitrogens with one attached hydrogen (secondary N) is 2. The minimum Gasteiger partial charge on any atom is -0.385 e. The number of anilines is 3. The van der Waals surface area contributed by atoms with Crippen LogP contribution in [0.3, 0.4) is 0 Å². The van der Waals surface area contributed by atoms with E-state index in [1.807, 2.05) is 55.4 Å². The molecule has 0 atom stereocenters. The predicted molar refractivity (Wildman–Crippen MR) is 94.0 cm³/mol. The third-order valence-corrected chi connectivity index (χ3v) is 3.41. The van der Waals surface area contributed by atoms with Crippen molar-refractivity contribution in [1.29, 1.82) is 0 Å². The predicted octanol–water partition coefficient (Wildman–Crippen LogP) is 3.85. The summed E-state index contributed by atoms with van der Waals surface area (Å²) in [5, 5.41) is 6.66. The largest absolute Gasteiger partial charge is 0.385 e. The highest BCUT2D eigenvalue weighted by atomic mass is 35.5. The molecule has 0 radical (unpaired) electrons. The summed E-state index contributed by atoms with van der Waals surface area (Å²) in [5.41, 5.74) is 2.86. The van der Waals surface area contributed by atoms with Crippen LogP contribution in [0.4, 0.5) is 17.1 Å². The topological polar surface area (TPSA) is 44.4 Å². The fourth-order valence-corrected chi connectivity index (χ4v) is 2.18. The Morgan fingerprint density at radius 1 is 1.09 bits per heavy atom. The maximum Gasteiger partial charge on any atom is 0.226 e. The third-order valence-electron chi connectivity index (χ3n) is 3.17. The zero-order chi connectivity index (χ0) is 15.9. The van der Waals surface area contributed by atoms with E-state index in [2.05, 4.69) is 10.6 Å². The molecule has 2 rings (SSSR count). The summed E-state index contributed by atoms with van der Waals surface area (Å²) >= 11 is 5.88. The molecule has 1 amide bonds. The van der Waals surface area contributed by atoms with Gasteiger partial charge in [0.25, 0.3) is 0 Å².